The Morgan fingerprint density at radius 3 is 3.16 bits per heavy atom. The number of hydrogen-bond acceptors (Lipinski definition) is 4. The van der Waals surface area contributed by atoms with Gasteiger partial charge in [-0.25, -0.2) is 4.98 Å². The van der Waals surface area contributed by atoms with Crippen molar-refractivity contribution in [2.45, 2.75) is 6.54 Å². The van der Waals surface area contributed by atoms with Crippen LogP contribution in [0.4, 0.5) is 0 Å². The number of rotatable bonds is 3. The predicted molar refractivity (Wildman–Crippen MR) is 72.7 cm³/mol. The molecule has 0 bridgehead atoms. The smallest absolute Gasteiger partial charge is 0.254 e. The molecule has 0 atom stereocenters. The van der Waals surface area contributed by atoms with Crippen LogP contribution in [0, 0.1) is 11.8 Å². The maximum atomic E-state index is 12.2. The number of hydrogen-bond donors (Lipinski definition) is 2. The Kier molecular flexibility index (Phi) is 4.34. The van der Waals surface area contributed by atoms with Crippen molar-refractivity contribution in [2.24, 2.45) is 0 Å². The van der Waals surface area contributed by atoms with E-state index in [2.05, 4.69) is 21.8 Å². The van der Waals surface area contributed by atoms with Crippen LogP contribution in [0.2, 0.25) is 0 Å². The summed E-state index contributed by atoms with van der Waals surface area (Å²) >= 11 is 1.39. The topological polar surface area (TPSA) is 69.2 Å². The molecule has 0 aliphatic carbocycles. The maximum absolute atomic E-state index is 12.2. The lowest BCUT2D eigenvalue weighted by atomic mass is 10.2. The van der Waals surface area contributed by atoms with Crippen LogP contribution in [0.1, 0.15) is 21.1 Å². The molecule has 6 heteroatoms. The van der Waals surface area contributed by atoms with Gasteiger partial charge in [-0.05, 0) is 6.07 Å². The highest BCUT2D eigenvalue weighted by Crippen LogP contribution is 2.15. The lowest BCUT2D eigenvalue weighted by molar-refractivity contribution is 0.0782. The third-order valence-electron chi connectivity index (χ3n) is 2.43. The third kappa shape index (κ3) is 3.44. The molecular weight excluding hydrogens is 262 g/mol. The molecule has 0 aliphatic heterocycles. The average Bonchev–Trinajstić information content (AvgIpc) is 3.06. The Bertz CT molecular complexity index is 607. The number of aliphatic hydroxyl groups excluding tert-OH is 1. The van der Waals surface area contributed by atoms with Crippen LogP contribution < -0.4 is 0 Å². The number of H-pyrrole nitrogens is 1. The molecule has 0 saturated heterocycles. The largest absolute Gasteiger partial charge is 0.384 e. The van der Waals surface area contributed by atoms with Gasteiger partial charge in [-0.3, -0.25) is 4.79 Å². The van der Waals surface area contributed by atoms with E-state index in [-0.39, 0.29) is 12.5 Å². The highest BCUT2D eigenvalue weighted by atomic mass is 32.1. The van der Waals surface area contributed by atoms with Crippen LogP contribution in [0.15, 0.2) is 23.8 Å². The number of nitrogens with zero attached hydrogens (tertiary/aromatic N) is 2. The molecule has 98 valence electrons. The standard InChI is InChI=1S/C13H13N3O2S/c1-16(8-12-14-4-5-15-12)13(18)10-7-11(19-9-10)3-2-6-17/h4-5,7,9,17H,6,8H2,1H3,(H,14,15). The summed E-state index contributed by atoms with van der Waals surface area (Å²) in [5.74, 6) is 6.00. The van der Waals surface area contributed by atoms with Gasteiger partial charge in [0.05, 0.1) is 17.0 Å². The molecule has 19 heavy (non-hydrogen) atoms. The lowest BCUT2D eigenvalue weighted by Crippen LogP contribution is -2.26. The quantitative estimate of drug-likeness (QED) is 0.824. The van der Waals surface area contributed by atoms with Crippen LogP contribution in [0.25, 0.3) is 0 Å². The summed E-state index contributed by atoms with van der Waals surface area (Å²) in [6.07, 6.45) is 3.38. The summed E-state index contributed by atoms with van der Waals surface area (Å²) in [6, 6.07) is 1.73. The molecule has 0 spiro atoms. The van der Waals surface area contributed by atoms with Gasteiger partial charge >= 0.3 is 0 Å². The van der Waals surface area contributed by atoms with E-state index in [4.69, 9.17) is 5.11 Å². The molecule has 0 radical (unpaired) electrons. The van der Waals surface area contributed by atoms with Crippen molar-refractivity contribution in [3.05, 3.63) is 40.1 Å². The zero-order valence-corrected chi connectivity index (χ0v) is 11.2. The minimum absolute atomic E-state index is 0.0790. The normalized spacial score (nSPS) is 9.79. The summed E-state index contributed by atoms with van der Waals surface area (Å²) in [7, 11) is 1.72. The monoisotopic (exact) mass is 275 g/mol. The Labute approximate surface area is 114 Å². The number of carbonyl (C=O) groups is 1. The Morgan fingerprint density at radius 2 is 2.47 bits per heavy atom. The zero-order chi connectivity index (χ0) is 13.7. The summed E-state index contributed by atoms with van der Waals surface area (Å²) in [5, 5.41) is 10.4. The molecule has 2 rings (SSSR count). The lowest BCUT2D eigenvalue weighted by Gasteiger charge is -2.14. The van der Waals surface area contributed by atoms with Gasteiger partial charge < -0.3 is 15.0 Å². The van der Waals surface area contributed by atoms with Crippen molar-refractivity contribution in [3.8, 4) is 11.8 Å². The van der Waals surface area contributed by atoms with E-state index in [1.54, 1.807) is 35.8 Å². The van der Waals surface area contributed by atoms with E-state index < -0.39 is 0 Å². The fourth-order valence-corrected chi connectivity index (χ4v) is 2.29. The molecule has 5 nitrogen and oxygen atoms in total. The van der Waals surface area contributed by atoms with Gasteiger partial charge in [-0.2, -0.15) is 0 Å². The van der Waals surface area contributed by atoms with Crippen molar-refractivity contribution >= 4 is 17.2 Å². The van der Waals surface area contributed by atoms with Crippen LogP contribution in [-0.4, -0.2) is 39.5 Å². The fraction of sp³-hybridized carbons (Fsp3) is 0.231. The van der Waals surface area contributed by atoms with Gasteiger partial charge in [0.2, 0.25) is 0 Å². The molecule has 0 saturated carbocycles. The Hall–Kier alpha value is -2.10. The van der Waals surface area contributed by atoms with Crippen molar-refractivity contribution < 1.29 is 9.90 Å². The molecule has 1 amide bonds. The van der Waals surface area contributed by atoms with Crippen molar-refractivity contribution in [1.29, 1.82) is 0 Å². The number of amides is 1. The van der Waals surface area contributed by atoms with Gasteiger partial charge in [-0.1, -0.05) is 11.8 Å². The van der Waals surface area contributed by atoms with E-state index in [1.807, 2.05) is 0 Å². The van der Waals surface area contributed by atoms with Gasteiger partial charge in [0.15, 0.2) is 0 Å². The third-order valence-corrected chi connectivity index (χ3v) is 3.27. The predicted octanol–water partition coefficient (Wildman–Crippen LogP) is 1.09. The second-order valence-electron chi connectivity index (χ2n) is 3.86. The van der Waals surface area contributed by atoms with Crippen molar-refractivity contribution in [2.75, 3.05) is 13.7 Å². The van der Waals surface area contributed by atoms with Gasteiger partial charge in [-0.15, -0.1) is 11.3 Å². The molecule has 2 aromatic heterocycles. The zero-order valence-electron chi connectivity index (χ0n) is 10.4. The maximum Gasteiger partial charge on any atom is 0.254 e. The summed E-state index contributed by atoms with van der Waals surface area (Å²) < 4.78 is 0. The van der Waals surface area contributed by atoms with Crippen molar-refractivity contribution in [3.63, 3.8) is 0 Å². The molecule has 2 heterocycles. The minimum atomic E-state index is -0.181. The summed E-state index contributed by atoms with van der Waals surface area (Å²) in [4.78, 5) is 21.5. The molecule has 0 fully saturated rings. The number of aromatic nitrogens is 2. The van der Waals surface area contributed by atoms with E-state index >= 15 is 0 Å². The fourth-order valence-electron chi connectivity index (χ4n) is 1.54. The number of aliphatic hydroxyl groups is 1. The molecular formula is C13H13N3O2S. The van der Waals surface area contributed by atoms with E-state index in [0.29, 0.717) is 12.1 Å². The van der Waals surface area contributed by atoms with E-state index in [9.17, 15) is 4.79 Å². The number of nitrogens with one attached hydrogen (secondary N) is 1. The first-order valence-corrected chi connectivity index (χ1v) is 6.50. The van der Waals surface area contributed by atoms with Gasteiger partial charge in [0.25, 0.3) is 5.91 Å². The van der Waals surface area contributed by atoms with Gasteiger partial charge in [0.1, 0.15) is 12.4 Å². The van der Waals surface area contributed by atoms with Crippen LogP contribution >= 0.6 is 11.3 Å². The van der Waals surface area contributed by atoms with Crippen LogP contribution in [0.5, 0.6) is 0 Å². The summed E-state index contributed by atoms with van der Waals surface area (Å²) in [6.45, 7) is 0.249. The number of imidazole rings is 1. The van der Waals surface area contributed by atoms with E-state index in [0.717, 1.165) is 10.7 Å². The Balaban J connectivity index is 2.04. The number of aromatic amines is 1. The molecule has 0 aromatic carbocycles. The van der Waals surface area contributed by atoms with Crippen molar-refractivity contribution in [1.82, 2.24) is 14.9 Å². The highest BCUT2D eigenvalue weighted by molar-refractivity contribution is 7.10. The number of thiophene rings is 1. The first-order chi connectivity index (χ1) is 9.20. The Morgan fingerprint density at radius 1 is 1.63 bits per heavy atom. The second-order valence-corrected chi connectivity index (χ2v) is 4.77. The molecule has 2 N–H and O–H groups in total. The summed E-state index contributed by atoms with van der Waals surface area (Å²) in [5.41, 5.74) is 0.598. The second kappa shape index (κ2) is 6.18. The van der Waals surface area contributed by atoms with E-state index in [1.165, 1.54) is 11.3 Å². The molecule has 0 unspecified atom stereocenters. The number of carbonyl (C=O) groups excluding carboxylic acids is 1. The minimum Gasteiger partial charge on any atom is -0.384 e. The average molecular weight is 275 g/mol. The first kappa shape index (κ1) is 13.3. The van der Waals surface area contributed by atoms with Crippen LogP contribution in [-0.2, 0) is 6.54 Å². The van der Waals surface area contributed by atoms with Gasteiger partial charge in [0, 0.05) is 24.8 Å². The molecule has 2 aromatic rings. The van der Waals surface area contributed by atoms with Crippen LogP contribution in [0.3, 0.4) is 0 Å². The first-order valence-electron chi connectivity index (χ1n) is 5.62. The molecule has 0 aliphatic rings. The SMILES string of the molecule is CN(Cc1ncc[nH]1)C(=O)c1csc(C#CCO)c1. The highest BCUT2D eigenvalue weighted by Gasteiger charge is 2.14.